The standard InChI is InChI=1S/C15H17FN2S/c1-9-8-10(6-7-11(9)16)14(17)15-18-12-4-2-3-5-13(12)19-15/h6-8,14H,2-5,17H2,1H3. The van der Waals surface area contributed by atoms with Crippen molar-refractivity contribution in [2.75, 3.05) is 0 Å². The molecule has 0 bridgehead atoms. The number of aromatic nitrogens is 1. The molecule has 1 aromatic heterocycles. The van der Waals surface area contributed by atoms with E-state index in [2.05, 4.69) is 4.98 Å². The predicted octanol–water partition coefficient (Wildman–Crippen LogP) is 3.52. The van der Waals surface area contributed by atoms with E-state index in [1.165, 1.54) is 29.5 Å². The smallest absolute Gasteiger partial charge is 0.126 e. The average Bonchev–Trinajstić information content (AvgIpc) is 2.85. The van der Waals surface area contributed by atoms with Gasteiger partial charge in [0, 0.05) is 4.88 Å². The Bertz CT molecular complexity index is 583. The highest BCUT2D eigenvalue weighted by Crippen LogP contribution is 2.31. The van der Waals surface area contributed by atoms with Gasteiger partial charge in [0.15, 0.2) is 0 Å². The highest BCUT2D eigenvalue weighted by molar-refractivity contribution is 7.11. The van der Waals surface area contributed by atoms with Gasteiger partial charge in [-0.15, -0.1) is 11.3 Å². The number of thiazole rings is 1. The van der Waals surface area contributed by atoms with Gasteiger partial charge in [-0.25, -0.2) is 9.37 Å². The van der Waals surface area contributed by atoms with E-state index in [9.17, 15) is 4.39 Å². The lowest BCUT2D eigenvalue weighted by Crippen LogP contribution is -2.12. The van der Waals surface area contributed by atoms with Gasteiger partial charge in [-0.2, -0.15) is 0 Å². The Labute approximate surface area is 116 Å². The zero-order valence-electron chi connectivity index (χ0n) is 10.9. The van der Waals surface area contributed by atoms with E-state index in [0.29, 0.717) is 5.56 Å². The summed E-state index contributed by atoms with van der Waals surface area (Å²) in [6.07, 6.45) is 4.67. The predicted molar refractivity (Wildman–Crippen MR) is 75.9 cm³/mol. The van der Waals surface area contributed by atoms with Crippen LogP contribution in [-0.2, 0) is 12.8 Å². The molecule has 2 nitrogen and oxygen atoms in total. The lowest BCUT2D eigenvalue weighted by atomic mass is 10.0. The van der Waals surface area contributed by atoms with Gasteiger partial charge < -0.3 is 5.73 Å². The lowest BCUT2D eigenvalue weighted by Gasteiger charge is -2.10. The Morgan fingerprint density at radius 2 is 2.11 bits per heavy atom. The van der Waals surface area contributed by atoms with Crippen molar-refractivity contribution in [3.05, 3.63) is 50.7 Å². The molecule has 1 heterocycles. The van der Waals surface area contributed by atoms with Gasteiger partial charge in [-0.3, -0.25) is 0 Å². The van der Waals surface area contributed by atoms with Gasteiger partial charge in [0.05, 0.1) is 11.7 Å². The van der Waals surface area contributed by atoms with E-state index >= 15 is 0 Å². The zero-order valence-corrected chi connectivity index (χ0v) is 11.8. The van der Waals surface area contributed by atoms with Crippen LogP contribution in [0.5, 0.6) is 0 Å². The molecule has 0 radical (unpaired) electrons. The molecule has 1 atom stereocenters. The Kier molecular flexibility index (Phi) is 3.37. The summed E-state index contributed by atoms with van der Waals surface area (Å²) >= 11 is 1.72. The fourth-order valence-electron chi connectivity index (χ4n) is 2.51. The number of rotatable bonds is 2. The monoisotopic (exact) mass is 276 g/mol. The topological polar surface area (TPSA) is 38.9 Å². The number of halogens is 1. The van der Waals surface area contributed by atoms with Crippen LogP contribution in [0.1, 0.15) is 45.6 Å². The second-order valence-electron chi connectivity index (χ2n) is 5.12. The molecule has 2 aromatic rings. The van der Waals surface area contributed by atoms with Crippen LogP contribution >= 0.6 is 11.3 Å². The van der Waals surface area contributed by atoms with Crippen molar-refractivity contribution < 1.29 is 4.39 Å². The fourth-order valence-corrected chi connectivity index (χ4v) is 3.69. The van der Waals surface area contributed by atoms with E-state index in [0.717, 1.165) is 23.4 Å². The maximum Gasteiger partial charge on any atom is 0.126 e. The van der Waals surface area contributed by atoms with Crippen LogP contribution in [0.4, 0.5) is 4.39 Å². The number of benzene rings is 1. The van der Waals surface area contributed by atoms with Crippen molar-refractivity contribution in [2.45, 2.75) is 38.6 Å². The highest BCUT2D eigenvalue weighted by Gasteiger charge is 2.20. The van der Waals surface area contributed by atoms with Crippen LogP contribution in [0.25, 0.3) is 0 Å². The molecule has 0 saturated heterocycles. The summed E-state index contributed by atoms with van der Waals surface area (Å²) < 4.78 is 13.3. The molecule has 100 valence electrons. The van der Waals surface area contributed by atoms with Crippen molar-refractivity contribution in [3.8, 4) is 0 Å². The molecule has 0 fully saturated rings. The largest absolute Gasteiger partial charge is 0.318 e. The SMILES string of the molecule is Cc1cc(C(N)c2nc3c(s2)CCCC3)ccc1F. The quantitative estimate of drug-likeness (QED) is 0.911. The summed E-state index contributed by atoms with van der Waals surface area (Å²) in [4.78, 5) is 6.06. The summed E-state index contributed by atoms with van der Waals surface area (Å²) in [5, 5.41) is 0.956. The maximum absolute atomic E-state index is 13.3. The number of nitrogens with two attached hydrogens (primary N) is 1. The summed E-state index contributed by atoms with van der Waals surface area (Å²) in [6, 6.07) is 4.82. The molecule has 0 aliphatic heterocycles. The molecule has 4 heteroatoms. The third-order valence-corrected chi connectivity index (χ3v) is 4.91. The zero-order chi connectivity index (χ0) is 13.4. The van der Waals surface area contributed by atoms with Crippen LogP contribution in [-0.4, -0.2) is 4.98 Å². The van der Waals surface area contributed by atoms with Crippen LogP contribution in [0.2, 0.25) is 0 Å². The summed E-state index contributed by atoms with van der Waals surface area (Å²) in [5.41, 5.74) is 9.06. The number of nitrogens with zero attached hydrogens (tertiary/aromatic N) is 1. The fraction of sp³-hybridized carbons (Fsp3) is 0.400. The molecule has 19 heavy (non-hydrogen) atoms. The second-order valence-corrected chi connectivity index (χ2v) is 6.23. The van der Waals surface area contributed by atoms with Gasteiger partial charge in [0.1, 0.15) is 10.8 Å². The average molecular weight is 276 g/mol. The van der Waals surface area contributed by atoms with E-state index in [-0.39, 0.29) is 11.9 Å². The van der Waals surface area contributed by atoms with Crippen molar-refractivity contribution in [3.63, 3.8) is 0 Å². The first-order valence-electron chi connectivity index (χ1n) is 6.65. The van der Waals surface area contributed by atoms with Gasteiger partial charge in [0.2, 0.25) is 0 Å². The molecule has 1 aliphatic rings. The van der Waals surface area contributed by atoms with Crippen molar-refractivity contribution in [1.82, 2.24) is 4.98 Å². The third kappa shape index (κ3) is 2.42. The molecule has 1 unspecified atom stereocenters. The summed E-state index contributed by atoms with van der Waals surface area (Å²) in [5.74, 6) is -0.186. The Hall–Kier alpha value is -1.26. The number of hydrogen-bond acceptors (Lipinski definition) is 3. The molecule has 0 saturated carbocycles. The molecule has 3 rings (SSSR count). The molecule has 1 aliphatic carbocycles. The normalized spacial score (nSPS) is 16.2. The number of hydrogen-bond donors (Lipinski definition) is 1. The molecular formula is C15H17FN2S. The van der Waals surface area contributed by atoms with E-state index < -0.39 is 0 Å². The molecule has 0 amide bonds. The van der Waals surface area contributed by atoms with Gasteiger partial charge in [-0.1, -0.05) is 12.1 Å². The Morgan fingerprint density at radius 1 is 1.32 bits per heavy atom. The second kappa shape index (κ2) is 5.02. The van der Waals surface area contributed by atoms with Crippen molar-refractivity contribution in [2.24, 2.45) is 5.73 Å². The van der Waals surface area contributed by atoms with Gasteiger partial charge >= 0.3 is 0 Å². The Balaban J connectivity index is 1.92. The summed E-state index contributed by atoms with van der Waals surface area (Å²) in [7, 11) is 0. The Morgan fingerprint density at radius 3 is 2.84 bits per heavy atom. The van der Waals surface area contributed by atoms with E-state index in [1.54, 1.807) is 24.3 Å². The third-order valence-electron chi connectivity index (χ3n) is 3.67. The van der Waals surface area contributed by atoms with Crippen molar-refractivity contribution >= 4 is 11.3 Å². The van der Waals surface area contributed by atoms with E-state index in [1.807, 2.05) is 6.07 Å². The first-order valence-corrected chi connectivity index (χ1v) is 7.47. The van der Waals surface area contributed by atoms with Crippen LogP contribution in [0, 0.1) is 12.7 Å². The lowest BCUT2D eigenvalue weighted by molar-refractivity contribution is 0.616. The minimum absolute atomic E-state index is 0.186. The number of fused-ring (bicyclic) bond motifs is 1. The molecule has 1 aromatic carbocycles. The van der Waals surface area contributed by atoms with E-state index in [4.69, 9.17) is 5.73 Å². The first kappa shape index (κ1) is 12.8. The van der Waals surface area contributed by atoms with Crippen LogP contribution < -0.4 is 5.73 Å². The molecule has 2 N–H and O–H groups in total. The van der Waals surface area contributed by atoms with Gasteiger partial charge in [-0.05, 0) is 49.8 Å². The van der Waals surface area contributed by atoms with Crippen LogP contribution in [0.15, 0.2) is 18.2 Å². The highest BCUT2D eigenvalue weighted by atomic mass is 32.1. The molecule has 0 spiro atoms. The maximum atomic E-state index is 13.3. The molecular weight excluding hydrogens is 259 g/mol. The van der Waals surface area contributed by atoms with Gasteiger partial charge in [0.25, 0.3) is 0 Å². The minimum atomic E-state index is -0.241. The number of aryl methyl sites for hydroxylation is 3. The summed E-state index contributed by atoms with van der Waals surface area (Å²) in [6.45, 7) is 1.76. The van der Waals surface area contributed by atoms with Crippen molar-refractivity contribution in [1.29, 1.82) is 0 Å². The minimum Gasteiger partial charge on any atom is -0.318 e. The first-order chi connectivity index (χ1) is 9.15. The van der Waals surface area contributed by atoms with Crippen LogP contribution in [0.3, 0.4) is 0 Å².